The van der Waals surface area contributed by atoms with Gasteiger partial charge in [-0.15, -0.1) is 0 Å². The van der Waals surface area contributed by atoms with Gasteiger partial charge in [-0.2, -0.15) is 0 Å². The maximum atomic E-state index is 12.9. The molecule has 464 valence electrons. The quantitative estimate of drug-likeness (QED) is 0.0261. The molecule has 6 heteroatoms. The second kappa shape index (κ2) is 68.1. The van der Waals surface area contributed by atoms with E-state index in [0.717, 1.165) is 70.6 Å². The lowest BCUT2D eigenvalue weighted by atomic mass is 10.0. The van der Waals surface area contributed by atoms with Crippen LogP contribution in [0.4, 0.5) is 0 Å². The molecule has 0 spiro atoms. The molecule has 0 N–H and O–H groups in total. The summed E-state index contributed by atoms with van der Waals surface area (Å²) >= 11 is 0. The molecule has 6 nitrogen and oxygen atoms in total. The Morgan fingerprint density at radius 2 is 0.468 bits per heavy atom. The van der Waals surface area contributed by atoms with Gasteiger partial charge in [0.2, 0.25) is 0 Å². The summed E-state index contributed by atoms with van der Waals surface area (Å²) in [7, 11) is 0. The predicted octanol–water partition coefficient (Wildman–Crippen LogP) is 24.3. The van der Waals surface area contributed by atoms with E-state index in [0.29, 0.717) is 19.3 Å². The number of unbranched alkanes of at least 4 members (excludes halogenated alkanes) is 49. The molecule has 0 radical (unpaired) electrons. The van der Waals surface area contributed by atoms with Crippen molar-refractivity contribution in [1.29, 1.82) is 0 Å². The minimum atomic E-state index is -0.776. The van der Waals surface area contributed by atoms with Crippen molar-refractivity contribution in [3.05, 3.63) is 36.5 Å². The van der Waals surface area contributed by atoms with Gasteiger partial charge in [-0.1, -0.05) is 340 Å². The number of hydrogen-bond donors (Lipinski definition) is 0. The lowest BCUT2D eigenvalue weighted by Gasteiger charge is -2.18. The standard InChI is InChI=1S/C73H136O6/c1-4-7-10-13-16-19-22-24-26-28-30-32-33-34-35-36-37-38-39-41-42-44-46-48-51-54-57-60-63-66-72(75)78-69-70(68-77-71(74)65-62-59-56-53-50-21-18-15-12-9-6-3)79-73(76)67-64-61-58-55-52-49-47-45-43-40-31-29-27-25-23-20-17-14-11-8-5-2/h15,18,23,25,29,31,70H,4-14,16-17,19-22,24,26-28,30,32-69H2,1-3H3/b18-15-,25-23-,31-29-. The van der Waals surface area contributed by atoms with Crippen molar-refractivity contribution in [1.82, 2.24) is 0 Å². The molecule has 0 saturated heterocycles. The fourth-order valence-electron chi connectivity index (χ4n) is 10.8. The second-order valence-corrected chi connectivity index (χ2v) is 24.1. The molecule has 0 fully saturated rings. The molecule has 79 heavy (non-hydrogen) atoms. The summed E-state index contributed by atoms with van der Waals surface area (Å²) in [6, 6.07) is 0. The molecule has 0 aromatic carbocycles. The summed E-state index contributed by atoms with van der Waals surface area (Å²) in [5.74, 6) is -0.861. The number of carbonyl (C=O) groups excluding carboxylic acids is 3. The van der Waals surface area contributed by atoms with Crippen molar-refractivity contribution in [2.45, 2.75) is 399 Å². The van der Waals surface area contributed by atoms with Gasteiger partial charge in [0.15, 0.2) is 6.10 Å². The van der Waals surface area contributed by atoms with Crippen molar-refractivity contribution < 1.29 is 28.6 Å². The number of ether oxygens (including phenoxy) is 3. The molecule has 0 heterocycles. The molecule has 0 saturated carbocycles. The fourth-order valence-corrected chi connectivity index (χ4v) is 10.8. The molecule has 1 atom stereocenters. The summed E-state index contributed by atoms with van der Waals surface area (Å²) in [5.41, 5.74) is 0. The Morgan fingerprint density at radius 1 is 0.253 bits per heavy atom. The van der Waals surface area contributed by atoms with Crippen LogP contribution in [0.2, 0.25) is 0 Å². The zero-order valence-corrected chi connectivity index (χ0v) is 53.4. The molecule has 0 aromatic rings. The molecule has 0 aromatic heterocycles. The minimum absolute atomic E-state index is 0.0722. The van der Waals surface area contributed by atoms with Crippen molar-refractivity contribution in [3.8, 4) is 0 Å². The van der Waals surface area contributed by atoms with Gasteiger partial charge in [0.05, 0.1) is 0 Å². The van der Waals surface area contributed by atoms with Crippen LogP contribution in [-0.4, -0.2) is 37.2 Å². The Bertz CT molecular complexity index is 1320. The van der Waals surface area contributed by atoms with Crippen LogP contribution in [0.5, 0.6) is 0 Å². The third-order valence-corrected chi connectivity index (χ3v) is 16.1. The van der Waals surface area contributed by atoms with Crippen molar-refractivity contribution in [2.75, 3.05) is 13.2 Å². The lowest BCUT2D eigenvalue weighted by molar-refractivity contribution is -0.167. The highest BCUT2D eigenvalue weighted by Crippen LogP contribution is 2.19. The molecule has 0 aliphatic rings. The highest BCUT2D eigenvalue weighted by molar-refractivity contribution is 5.71. The fraction of sp³-hybridized carbons (Fsp3) is 0.877. The first-order valence-electron chi connectivity index (χ1n) is 35.5. The Balaban J connectivity index is 4.14. The van der Waals surface area contributed by atoms with Crippen LogP contribution < -0.4 is 0 Å². The largest absolute Gasteiger partial charge is 0.462 e. The van der Waals surface area contributed by atoms with Crippen LogP contribution in [-0.2, 0) is 28.6 Å². The van der Waals surface area contributed by atoms with Gasteiger partial charge >= 0.3 is 17.9 Å². The molecular weight excluding hydrogens is 973 g/mol. The van der Waals surface area contributed by atoms with Crippen molar-refractivity contribution in [2.24, 2.45) is 0 Å². The van der Waals surface area contributed by atoms with Crippen LogP contribution in [0.1, 0.15) is 393 Å². The topological polar surface area (TPSA) is 78.9 Å². The molecule has 0 aliphatic heterocycles. The zero-order valence-electron chi connectivity index (χ0n) is 53.4. The van der Waals surface area contributed by atoms with E-state index in [9.17, 15) is 14.4 Å². The highest BCUT2D eigenvalue weighted by atomic mass is 16.6. The normalized spacial score (nSPS) is 12.2. The van der Waals surface area contributed by atoms with Gasteiger partial charge in [0, 0.05) is 19.3 Å². The minimum Gasteiger partial charge on any atom is -0.462 e. The van der Waals surface area contributed by atoms with Crippen molar-refractivity contribution >= 4 is 17.9 Å². The average Bonchev–Trinajstić information content (AvgIpc) is 3.45. The zero-order chi connectivity index (χ0) is 57.1. The SMILES string of the molecule is CCCC/C=C\CCCCCCCC(=O)OCC(COC(=O)CCCCCCCCCCCCCCCCCCCCCCCCCCCCCCC)OC(=O)CCCCCCCCCCC/C=C\C/C=C\CCCCCCC. The maximum absolute atomic E-state index is 12.9. The lowest BCUT2D eigenvalue weighted by Crippen LogP contribution is -2.30. The monoisotopic (exact) mass is 1110 g/mol. The number of rotatable bonds is 66. The van der Waals surface area contributed by atoms with Crippen molar-refractivity contribution in [3.63, 3.8) is 0 Å². The number of carbonyl (C=O) groups is 3. The molecule has 0 aliphatic carbocycles. The van der Waals surface area contributed by atoms with Gasteiger partial charge in [-0.3, -0.25) is 14.4 Å². The van der Waals surface area contributed by atoms with E-state index < -0.39 is 6.10 Å². The van der Waals surface area contributed by atoms with E-state index in [4.69, 9.17) is 14.2 Å². The Labute approximate surface area is 493 Å². The maximum Gasteiger partial charge on any atom is 0.306 e. The van der Waals surface area contributed by atoms with E-state index in [1.807, 2.05) is 0 Å². The average molecular weight is 1110 g/mol. The van der Waals surface area contributed by atoms with Gasteiger partial charge in [-0.25, -0.2) is 0 Å². The summed E-state index contributed by atoms with van der Waals surface area (Å²) < 4.78 is 17.0. The smallest absolute Gasteiger partial charge is 0.306 e. The highest BCUT2D eigenvalue weighted by Gasteiger charge is 2.19. The van der Waals surface area contributed by atoms with Gasteiger partial charge in [0.1, 0.15) is 13.2 Å². The molecule has 0 bridgehead atoms. The first kappa shape index (κ1) is 76.6. The molecule has 1 unspecified atom stereocenters. The third kappa shape index (κ3) is 66.3. The Hall–Kier alpha value is -2.37. The molecular formula is C73H136O6. The molecule has 0 amide bonds. The second-order valence-electron chi connectivity index (χ2n) is 24.1. The first-order valence-corrected chi connectivity index (χ1v) is 35.5. The van der Waals surface area contributed by atoms with E-state index in [-0.39, 0.29) is 31.1 Å². The first-order chi connectivity index (χ1) is 39.0. The number of hydrogen-bond acceptors (Lipinski definition) is 6. The Morgan fingerprint density at radius 3 is 0.747 bits per heavy atom. The summed E-state index contributed by atoms with van der Waals surface area (Å²) in [5, 5.41) is 0. The summed E-state index contributed by atoms with van der Waals surface area (Å²) in [4.78, 5) is 38.3. The van der Waals surface area contributed by atoms with E-state index in [1.165, 1.54) is 283 Å². The van der Waals surface area contributed by atoms with E-state index >= 15 is 0 Å². The van der Waals surface area contributed by atoms with E-state index in [1.54, 1.807) is 0 Å². The van der Waals surface area contributed by atoms with Crippen LogP contribution in [0.3, 0.4) is 0 Å². The number of esters is 3. The van der Waals surface area contributed by atoms with Gasteiger partial charge in [-0.05, 0) is 70.6 Å². The number of allylic oxidation sites excluding steroid dienone is 6. The van der Waals surface area contributed by atoms with Crippen LogP contribution >= 0.6 is 0 Å². The summed E-state index contributed by atoms with van der Waals surface area (Å²) in [6.45, 7) is 6.65. The van der Waals surface area contributed by atoms with E-state index in [2.05, 4.69) is 57.2 Å². The third-order valence-electron chi connectivity index (χ3n) is 16.1. The van der Waals surface area contributed by atoms with Crippen LogP contribution in [0.15, 0.2) is 36.5 Å². The van der Waals surface area contributed by atoms with Crippen LogP contribution in [0, 0.1) is 0 Å². The van der Waals surface area contributed by atoms with Crippen LogP contribution in [0.25, 0.3) is 0 Å². The van der Waals surface area contributed by atoms with Gasteiger partial charge in [0.25, 0.3) is 0 Å². The summed E-state index contributed by atoms with van der Waals surface area (Å²) in [6.07, 6.45) is 84.8. The Kier molecular flexibility index (Phi) is 66.1. The predicted molar refractivity (Wildman–Crippen MR) is 344 cm³/mol. The molecule has 0 rings (SSSR count). The van der Waals surface area contributed by atoms with Gasteiger partial charge < -0.3 is 14.2 Å².